The zero-order valence-electron chi connectivity index (χ0n) is 10.2. The third-order valence-corrected chi connectivity index (χ3v) is 2.66. The van der Waals surface area contributed by atoms with E-state index in [4.69, 9.17) is 4.42 Å². The van der Waals surface area contributed by atoms with Crippen LogP contribution in [-0.2, 0) is 6.54 Å². The van der Waals surface area contributed by atoms with E-state index in [0.29, 0.717) is 5.56 Å². The minimum Gasteiger partial charge on any atom is -0.459 e. The molecule has 0 bridgehead atoms. The third-order valence-electron chi connectivity index (χ3n) is 2.66. The Labute approximate surface area is 104 Å². The number of hydrogen-bond donors (Lipinski definition) is 2. The fourth-order valence-electron chi connectivity index (χ4n) is 1.76. The summed E-state index contributed by atoms with van der Waals surface area (Å²) in [6, 6.07) is 5.08. The number of pyridine rings is 1. The van der Waals surface area contributed by atoms with Crippen LogP contribution in [0.5, 0.6) is 0 Å². The van der Waals surface area contributed by atoms with Crippen LogP contribution < -0.4 is 10.9 Å². The second kappa shape index (κ2) is 4.91. The molecule has 2 aromatic rings. The van der Waals surface area contributed by atoms with Gasteiger partial charge in [0.1, 0.15) is 0 Å². The van der Waals surface area contributed by atoms with Crippen LogP contribution in [0.3, 0.4) is 0 Å². The number of aromatic amines is 1. The topological polar surface area (TPSA) is 75.1 Å². The van der Waals surface area contributed by atoms with E-state index in [0.717, 1.165) is 11.3 Å². The second-order valence-electron chi connectivity index (χ2n) is 4.10. The molecule has 0 unspecified atom stereocenters. The number of carbonyl (C=O) groups is 1. The van der Waals surface area contributed by atoms with Gasteiger partial charge in [0.25, 0.3) is 11.5 Å². The first-order valence-electron chi connectivity index (χ1n) is 5.59. The summed E-state index contributed by atoms with van der Waals surface area (Å²) >= 11 is 0. The largest absolute Gasteiger partial charge is 0.459 e. The standard InChI is InChI=1S/C13H14N2O3/c1-8-6-9(2)15-12(16)10(8)7-14-13(17)11-4-3-5-18-11/h3-6H,7H2,1-2H3,(H,14,17)(H,15,16). The summed E-state index contributed by atoms with van der Waals surface area (Å²) in [5.41, 5.74) is 2.04. The van der Waals surface area contributed by atoms with E-state index in [2.05, 4.69) is 10.3 Å². The van der Waals surface area contributed by atoms with E-state index in [1.165, 1.54) is 6.26 Å². The van der Waals surface area contributed by atoms with Gasteiger partial charge >= 0.3 is 0 Å². The van der Waals surface area contributed by atoms with Crippen LogP contribution >= 0.6 is 0 Å². The number of furan rings is 1. The van der Waals surface area contributed by atoms with E-state index >= 15 is 0 Å². The summed E-state index contributed by atoms with van der Waals surface area (Å²) in [5, 5.41) is 2.65. The van der Waals surface area contributed by atoms with Gasteiger partial charge in [-0.05, 0) is 37.6 Å². The number of nitrogens with one attached hydrogen (secondary N) is 2. The van der Waals surface area contributed by atoms with Crippen LogP contribution in [0.4, 0.5) is 0 Å². The van der Waals surface area contributed by atoms with Crippen molar-refractivity contribution in [3.8, 4) is 0 Å². The maximum Gasteiger partial charge on any atom is 0.287 e. The van der Waals surface area contributed by atoms with Gasteiger partial charge < -0.3 is 14.7 Å². The molecule has 2 aromatic heterocycles. The van der Waals surface area contributed by atoms with Gasteiger partial charge in [-0.15, -0.1) is 0 Å². The first-order chi connectivity index (χ1) is 8.58. The molecule has 5 heteroatoms. The number of aryl methyl sites for hydroxylation is 2. The lowest BCUT2D eigenvalue weighted by Crippen LogP contribution is -2.27. The predicted octanol–water partition coefficient (Wildman–Crippen LogP) is 1.51. The summed E-state index contributed by atoms with van der Waals surface area (Å²) in [6.45, 7) is 3.84. The Kier molecular flexibility index (Phi) is 3.32. The minimum absolute atomic E-state index is 0.174. The van der Waals surface area contributed by atoms with Crippen LogP contribution in [0.2, 0.25) is 0 Å². The average Bonchev–Trinajstić information content (AvgIpc) is 2.80. The molecule has 0 atom stereocenters. The molecule has 0 aliphatic rings. The van der Waals surface area contributed by atoms with Crippen LogP contribution in [0.25, 0.3) is 0 Å². The molecule has 0 fully saturated rings. The number of H-pyrrole nitrogens is 1. The highest BCUT2D eigenvalue weighted by Crippen LogP contribution is 2.04. The maximum absolute atomic E-state index is 11.7. The Bertz CT molecular complexity index is 612. The summed E-state index contributed by atoms with van der Waals surface area (Å²) in [5.74, 6) is -0.101. The zero-order valence-corrected chi connectivity index (χ0v) is 10.2. The molecule has 0 radical (unpaired) electrons. The van der Waals surface area contributed by atoms with Crippen molar-refractivity contribution in [3.05, 3.63) is 57.4 Å². The molecule has 0 aliphatic carbocycles. The van der Waals surface area contributed by atoms with E-state index in [1.54, 1.807) is 12.1 Å². The van der Waals surface area contributed by atoms with E-state index in [-0.39, 0.29) is 23.8 Å². The molecule has 94 valence electrons. The van der Waals surface area contributed by atoms with Gasteiger partial charge in [0.15, 0.2) is 5.76 Å². The van der Waals surface area contributed by atoms with E-state index < -0.39 is 0 Å². The summed E-state index contributed by atoms with van der Waals surface area (Å²) in [4.78, 5) is 26.1. The predicted molar refractivity (Wildman–Crippen MR) is 66.4 cm³/mol. The van der Waals surface area contributed by atoms with Crippen molar-refractivity contribution >= 4 is 5.91 Å². The zero-order chi connectivity index (χ0) is 13.1. The second-order valence-corrected chi connectivity index (χ2v) is 4.10. The Morgan fingerprint density at radius 3 is 2.83 bits per heavy atom. The third kappa shape index (κ3) is 2.51. The molecule has 0 aromatic carbocycles. The lowest BCUT2D eigenvalue weighted by Gasteiger charge is -2.06. The Hall–Kier alpha value is -2.30. The summed E-state index contributed by atoms with van der Waals surface area (Å²) in [6.07, 6.45) is 1.43. The Balaban J connectivity index is 2.12. The van der Waals surface area contributed by atoms with E-state index in [9.17, 15) is 9.59 Å². The molecule has 0 saturated carbocycles. The van der Waals surface area contributed by atoms with Crippen molar-refractivity contribution in [1.29, 1.82) is 0 Å². The van der Waals surface area contributed by atoms with Gasteiger partial charge in [-0.25, -0.2) is 0 Å². The fraction of sp³-hybridized carbons (Fsp3) is 0.231. The van der Waals surface area contributed by atoms with Crippen molar-refractivity contribution in [2.24, 2.45) is 0 Å². The van der Waals surface area contributed by atoms with Crippen LogP contribution in [0.1, 0.15) is 27.4 Å². The lowest BCUT2D eigenvalue weighted by atomic mass is 10.1. The molecule has 0 spiro atoms. The summed E-state index contributed by atoms with van der Waals surface area (Å²) in [7, 11) is 0. The average molecular weight is 246 g/mol. The molecule has 1 amide bonds. The van der Waals surface area contributed by atoms with Crippen molar-refractivity contribution in [2.75, 3.05) is 0 Å². The van der Waals surface area contributed by atoms with Crippen LogP contribution in [0.15, 0.2) is 33.7 Å². The fourth-order valence-corrected chi connectivity index (χ4v) is 1.76. The normalized spacial score (nSPS) is 10.3. The number of carbonyl (C=O) groups excluding carboxylic acids is 1. The van der Waals surface area contributed by atoms with Gasteiger partial charge in [0.05, 0.1) is 6.26 Å². The molecule has 18 heavy (non-hydrogen) atoms. The number of hydrogen-bond acceptors (Lipinski definition) is 3. The lowest BCUT2D eigenvalue weighted by molar-refractivity contribution is 0.0923. The molecule has 2 rings (SSSR count). The quantitative estimate of drug-likeness (QED) is 0.862. The molecule has 0 aliphatic heterocycles. The minimum atomic E-state index is -0.334. The van der Waals surface area contributed by atoms with Crippen molar-refractivity contribution in [3.63, 3.8) is 0 Å². The van der Waals surface area contributed by atoms with Crippen molar-refractivity contribution in [1.82, 2.24) is 10.3 Å². The first-order valence-corrected chi connectivity index (χ1v) is 5.59. The van der Waals surface area contributed by atoms with Gasteiger partial charge in [-0.1, -0.05) is 0 Å². The summed E-state index contributed by atoms with van der Waals surface area (Å²) < 4.78 is 4.97. The van der Waals surface area contributed by atoms with Crippen molar-refractivity contribution in [2.45, 2.75) is 20.4 Å². The molecular formula is C13H14N2O3. The van der Waals surface area contributed by atoms with Gasteiger partial charge in [-0.2, -0.15) is 0 Å². The molecular weight excluding hydrogens is 232 g/mol. The van der Waals surface area contributed by atoms with Gasteiger partial charge in [0, 0.05) is 17.8 Å². The Morgan fingerprint density at radius 1 is 1.44 bits per heavy atom. The highest BCUT2D eigenvalue weighted by atomic mass is 16.3. The monoisotopic (exact) mass is 246 g/mol. The molecule has 2 heterocycles. The smallest absolute Gasteiger partial charge is 0.287 e. The van der Waals surface area contributed by atoms with Gasteiger partial charge in [-0.3, -0.25) is 9.59 Å². The first kappa shape index (κ1) is 12.2. The molecule has 2 N–H and O–H groups in total. The number of aromatic nitrogens is 1. The SMILES string of the molecule is Cc1cc(C)c(CNC(=O)c2ccco2)c(=O)[nH]1. The Morgan fingerprint density at radius 2 is 2.22 bits per heavy atom. The molecule has 5 nitrogen and oxygen atoms in total. The molecule has 0 saturated heterocycles. The van der Waals surface area contributed by atoms with E-state index in [1.807, 2.05) is 19.9 Å². The highest BCUT2D eigenvalue weighted by molar-refractivity contribution is 5.91. The highest BCUT2D eigenvalue weighted by Gasteiger charge is 2.10. The van der Waals surface area contributed by atoms with Crippen LogP contribution in [-0.4, -0.2) is 10.9 Å². The number of amides is 1. The maximum atomic E-state index is 11.7. The van der Waals surface area contributed by atoms with Crippen LogP contribution in [0, 0.1) is 13.8 Å². The van der Waals surface area contributed by atoms with Crippen molar-refractivity contribution < 1.29 is 9.21 Å². The number of rotatable bonds is 3. The van der Waals surface area contributed by atoms with Gasteiger partial charge in [0.2, 0.25) is 0 Å².